The minimum Gasteiger partial charge on any atom is -0.387 e. The van der Waals surface area contributed by atoms with Crippen molar-refractivity contribution in [1.29, 1.82) is 0 Å². The van der Waals surface area contributed by atoms with Crippen LogP contribution in [-0.2, 0) is 52.4 Å². The molecule has 150 valence electrons. The molecule has 1 aliphatic rings. The molecule has 0 aromatic carbocycles. The van der Waals surface area contributed by atoms with Crippen LogP contribution in [0, 0.1) is 0 Å². The number of aliphatic hydroxyl groups is 1. The minimum absolute atomic E-state index is 0.677. The number of ether oxygens (including phenoxy) is 2. The first-order valence-corrected chi connectivity index (χ1v) is 12.0. The average molecular weight is 428 g/mol. The van der Waals surface area contributed by atoms with Gasteiger partial charge in [-0.15, -0.1) is 0 Å². The lowest BCUT2D eigenvalue weighted by Crippen LogP contribution is -2.61. The smallest absolute Gasteiger partial charge is 0.264 e. The lowest BCUT2D eigenvalue weighted by molar-refractivity contribution is -0.281. The van der Waals surface area contributed by atoms with Gasteiger partial charge in [-0.25, -0.2) is 0 Å². The van der Waals surface area contributed by atoms with Gasteiger partial charge in [-0.3, -0.25) is 12.5 Å². The summed E-state index contributed by atoms with van der Waals surface area (Å²) in [5.41, 5.74) is 0. The molecule has 0 aliphatic carbocycles. The van der Waals surface area contributed by atoms with Crippen LogP contribution in [0.2, 0.25) is 0 Å². The second-order valence-electron chi connectivity index (χ2n) is 5.29. The van der Waals surface area contributed by atoms with Crippen molar-refractivity contribution in [3.05, 3.63) is 0 Å². The van der Waals surface area contributed by atoms with E-state index in [4.69, 9.17) is 17.8 Å². The van der Waals surface area contributed by atoms with Crippen LogP contribution in [-0.4, -0.2) is 93.5 Å². The summed E-state index contributed by atoms with van der Waals surface area (Å²) in [5.74, 6) is 0. The summed E-state index contributed by atoms with van der Waals surface area (Å²) in [4.78, 5) is 0. The molecule has 1 aliphatic heterocycles. The molecule has 0 radical (unpaired) electrons. The molecule has 1 saturated heterocycles. The molecule has 25 heavy (non-hydrogen) atoms. The fourth-order valence-electron chi connectivity index (χ4n) is 2.02. The molecule has 1 N–H and O–H groups in total. The molecule has 12 nitrogen and oxygen atoms in total. The van der Waals surface area contributed by atoms with Crippen molar-refractivity contribution in [1.82, 2.24) is 0 Å². The summed E-state index contributed by atoms with van der Waals surface area (Å²) >= 11 is 0. The van der Waals surface area contributed by atoms with Crippen LogP contribution in [0.25, 0.3) is 0 Å². The van der Waals surface area contributed by atoms with Crippen molar-refractivity contribution >= 4 is 30.4 Å². The number of aliphatic hydroxyl groups excluding tert-OH is 1. The first-order chi connectivity index (χ1) is 11.1. The van der Waals surface area contributed by atoms with Crippen molar-refractivity contribution in [2.45, 2.75) is 30.7 Å². The second-order valence-corrected chi connectivity index (χ2v) is 10.1. The Morgan fingerprint density at radius 1 is 0.880 bits per heavy atom. The Balaban J connectivity index is 3.17. The fraction of sp³-hybridized carbons (Fsp3) is 1.00. The molecule has 0 saturated carbocycles. The quantitative estimate of drug-likeness (QED) is 0.400. The maximum Gasteiger partial charge on any atom is 0.264 e. The van der Waals surface area contributed by atoms with E-state index in [-0.39, 0.29) is 0 Å². The van der Waals surface area contributed by atoms with E-state index in [1.807, 2.05) is 0 Å². The Labute approximate surface area is 146 Å². The highest BCUT2D eigenvalue weighted by Crippen LogP contribution is 2.28. The Bertz CT molecular complexity index is 755. The maximum atomic E-state index is 11.4. The molecule has 5 unspecified atom stereocenters. The third kappa shape index (κ3) is 7.79. The number of hydrogen-bond acceptors (Lipinski definition) is 12. The normalized spacial score (nSPS) is 31.8. The van der Waals surface area contributed by atoms with Crippen molar-refractivity contribution in [2.24, 2.45) is 0 Å². The van der Waals surface area contributed by atoms with Crippen molar-refractivity contribution in [3.8, 4) is 0 Å². The van der Waals surface area contributed by atoms with Gasteiger partial charge in [0.1, 0.15) is 18.3 Å². The maximum absolute atomic E-state index is 11.4. The van der Waals surface area contributed by atoms with Gasteiger partial charge in [-0.05, 0) is 0 Å². The first kappa shape index (κ1) is 22.7. The summed E-state index contributed by atoms with van der Waals surface area (Å²) < 4.78 is 91.9. The van der Waals surface area contributed by atoms with Crippen LogP contribution in [0.1, 0.15) is 0 Å². The molecule has 1 fully saturated rings. The van der Waals surface area contributed by atoms with Crippen LogP contribution < -0.4 is 0 Å². The number of hydrogen-bond donors (Lipinski definition) is 1. The molecule has 0 spiro atoms. The minimum atomic E-state index is -4.15. The van der Waals surface area contributed by atoms with Crippen LogP contribution in [0.4, 0.5) is 0 Å². The summed E-state index contributed by atoms with van der Waals surface area (Å²) in [5, 5.41) is 10.2. The molecular formula is C10H20O12S3. The predicted molar refractivity (Wildman–Crippen MR) is 81.9 cm³/mol. The fourth-order valence-corrected chi connectivity index (χ4v) is 3.64. The topological polar surface area (TPSA) is 169 Å². The van der Waals surface area contributed by atoms with Crippen molar-refractivity contribution in [2.75, 3.05) is 32.5 Å². The summed E-state index contributed by atoms with van der Waals surface area (Å²) in [6.07, 6.45) is -5.97. The van der Waals surface area contributed by atoms with E-state index in [0.717, 1.165) is 13.4 Å². The van der Waals surface area contributed by atoms with Crippen molar-refractivity contribution < 1.29 is 52.4 Å². The summed E-state index contributed by atoms with van der Waals surface area (Å²) in [6.45, 7) is -0.685. The highest BCUT2D eigenvalue weighted by Gasteiger charge is 2.50. The van der Waals surface area contributed by atoms with Gasteiger partial charge in [-0.1, -0.05) is 0 Å². The zero-order valence-electron chi connectivity index (χ0n) is 13.8. The zero-order valence-corrected chi connectivity index (χ0v) is 16.2. The highest BCUT2D eigenvalue weighted by molar-refractivity contribution is 7.86. The van der Waals surface area contributed by atoms with E-state index in [2.05, 4.69) is 4.18 Å². The average Bonchev–Trinajstić information content (AvgIpc) is 2.38. The van der Waals surface area contributed by atoms with Gasteiger partial charge in [0.2, 0.25) is 0 Å². The lowest BCUT2D eigenvalue weighted by Gasteiger charge is -2.42. The number of rotatable bonds is 8. The Morgan fingerprint density at radius 3 is 1.76 bits per heavy atom. The predicted octanol–water partition coefficient (Wildman–Crippen LogP) is -2.62. The standard InChI is InChI=1S/C10H20O12S3/c1-18-10-9(22-25(4,16)17)8(21-24(3,14)15)7(11)6(20-10)5-19-23(2,12)13/h6-11H,5H2,1-4H3. The molecule has 1 heterocycles. The van der Waals surface area contributed by atoms with E-state index in [0.29, 0.717) is 12.5 Å². The van der Waals surface area contributed by atoms with Gasteiger partial charge in [-0.2, -0.15) is 25.3 Å². The lowest BCUT2D eigenvalue weighted by atomic mass is 9.99. The van der Waals surface area contributed by atoms with Gasteiger partial charge >= 0.3 is 0 Å². The van der Waals surface area contributed by atoms with E-state index in [9.17, 15) is 30.4 Å². The van der Waals surface area contributed by atoms with Gasteiger partial charge in [0, 0.05) is 7.11 Å². The van der Waals surface area contributed by atoms with Crippen LogP contribution in [0.3, 0.4) is 0 Å². The van der Waals surface area contributed by atoms with Gasteiger partial charge < -0.3 is 14.6 Å². The first-order valence-electron chi connectivity index (χ1n) is 6.60. The van der Waals surface area contributed by atoms with E-state index in [1.54, 1.807) is 0 Å². The SMILES string of the molecule is COC1OC(COS(C)(=O)=O)C(O)C(OS(C)(=O)=O)C1OS(C)(=O)=O. The third-order valence-corrected chi connectivity index (χ3v) is 4.58. The third-order valence-electron chi connectivity index (χ3n) is 2.87. The van der Waals surface area contributed by atoms with E-state index < -0.39 is 67.7 Å². The zero-order chi connectivity index (χ0) is 19.6. The molecule has 5 atom stereocenters. The molecule has 0 amide bonds. The molecule has 0 aromatic rings. The number of methoxy groups -OCH3 is 1. The summed E-state index contributed by atoms with van der Waals surface area (Å²) in [6, 6.07) is 0. The Kier molecular flexibility index (Phi) is 7.34. The van der Waals surface area contributed by atoms with Crippen LogP contribution in [0.5, 0.6) is 0 Å². The molecular weight excluding hydrogens is 408 g/mol. The van der Waals surface area contributed by atoms with Gasteiger partial charge in [0.25, 0.3) is 30.4 Å². The molecule has 15 heteroatoms. The van der Waals surface area contributed by atoms with Gasteiger partial charge in [0.15, 0.2) is 12.4 Å². The van der Waals surface area contributed by atoms with Crippen molar-refractivity contribution in [3.63, 3.8) is 0 Å². The van der Waals surface area contributed by atoms with Gasteiger partial charge in [0.05, 0.1) is 25.4 Å². The molecule has 0 bridgehead atoms. The van der Waals surface area contributed by atoms with Crippen LogP contribution in [0.15, 0.2) is 0 Å². The monoisotopic (exact) mass is 428 g/mol. The van der Waals surface area contributed by atoms with Crippen LogP contribution >= 0.6 is 0 Å². The second kappa shape index (κ2) is 8.10. The largest absolute Gasteiger partial charge is 0.387 e. The Hall–Kier alpha value is -0.390. The Morgan fingerprint density at radius 2 is 1.36 bits per heavy atom. The summed E-state index contributed by atoms with van der Waals surface area (Å²) in [7, 11) is -11.0. The molecule has 0 aromatic heterocycles. The molecule has 1 rings (SSSR count). The van der Waals surface area contributed by atoms with E-state index in [1.165, 1.54) is 0 Å². The van der Waals surface area contributed by atoms with E-state index >= 15 is 0 Å². The highest BCUT2D eigenvalue weighted by atomic mass is 32.2.